The minimum atomic E-state index is -0.572. The van der Waals surface area contributed by atoms with Crippen molar-refractivity contribution in [2.45, 2.75) is 12.8 Å². The predicted molar refractivity (Wildman–Crippen MR) is 22.8 cm³/mol. The van der Waals surface area contributed by atoms with Gasteiger partial charge in [0.15, 0.2) is 0 Å². The van der Waals surface area contributed by atoms with Crippen LogP contribution < -0.4 is 0 Å². The van der Waals surface area contributed by atoms with Crippen molar-refractivity contribution in [3.63, 3.8) is 0 Å². The first-order valence-corrected chi connectivity index (χ1v) is 2.49. The van der Waals surface area contributed by atoms with Gasteiger partial charge in [0, 0.05) is 0 Å². The van der Waals surface area contributed by atoms with Crippen LogP contribution in [0.4, 0.5) is 0 Å². The maximum Gasteiger partial charge on any atom is 0.309 e. The van der Waals surface area contributed by atoms with Crippen molar-refractivity contribution in [2.24, 2.45) is 11.3 Å². The van der Waals surface area contributed by atoms with E-state index < -0.39 is 5.97 Å². The minimum absolute atomic E-state index is 0.167. The maximum atomic E-state index is 10.1. The largest absolute Gasteiger partial charge is 0.481 e. The lowest BCUT2D eigenvalue weighted by Crippen LogP contribution is -2.03. The van der Waals surface area contributed by atoms with Gasteiger partial charge in [0.25, 0.3) is 0 Å². The van der Waals surface area contributed by atoms with E-state index in [1.165, 1.54) is 0 Å². The Kier molecular flexibility index (Phi) is 0.299. The Morgan fingerprint density at radius 1 is 1.71 bits per heavy atom. The highest BCUT2D eigenvalue weighted by Crippen LogP contribution is 2.75. The molecule has 2 saturated carbocycles. The fourth-order valence-corrected chi connectivity index (χ4v) is 1.05. The fourth-order valence-electron chi connectivity index (χ4n) is 1.05. The molecule has 1 N–H and O–H groups in total. The molecule has 0 aromatic rings. The normalized spacial score (nSPS) is 52.9. The molecular formula is C5H6O2. The van der Waals surface area contributed by atoms with Gasteiger partial charge in [-0.2, -0.15) is 0 Å². The van der Waals surface area contributed by atoms with Crippen LogP contribution in [0.5, 0.6) is 0 Å². The quantitative estimate of drug-likeness (QED) is 0.518. The molecule has 2 aliphatic rings. The molecule has 0 spiro atoms. The molecule has 0 bridgehead atoms. The van der Waals surface area contributed by atoms with Crippen LogP contribution in [0.25, 0.3) is 0 Å². The monoisotopic (exact) mass is 98.0 g/mol. The lowest BCUT2D eigenvalue weighted by Gasteiger charge is -1.88. The second kappa shape index (κ2) is 0.602. The van der Waals surface area contributed by atoms with E-state index in [1.54, 1.807) is 0 Å². The van der Waals surface area contributed by atoms with Crippen LogP contribution >= 0.6 is 0 Å². The zero-order valence-corrected chi connectivity index (χ0v) is 3.85. The Morgan fingerprint density at radius 3 is 2.14 bits per heavy atom. The molecule has 0 aromatic heterocycles. The van der Waals surface area contributed by atoms with Gasteiger partial charge in [-0.3, -0.25) is 4.79 Å². The second-order valence-electron chi connectivity index (χ2n) is 2.57. The van der Waals surface area contributed by atoms with E-state index in [2.05, 4.69) is 0 Å². The summed E-state index contributed by atoms with van der Waals surface area (Å²) in [5.41, 5.74) is -0.167. The van der Waals surface area contributed by atoms with Crippen LogP contribution in [0.2, 0.25) is 0 Å². The molecule has 38 valence electrons. The summed E-state index contributed by atoms with van der Waals surface area (Å²) in [5.74, 6) is 0.0162. The third kappa shape index (κ3) is 0.216. The average Bonchev–Trinajstić information content (AvgIpc) is 2.04. The lowest BCUT2D eigenvalue weighted by atomic mass is 10.2. The van der Waals surface area contributed by atoms with Gasteiger partial charge in [0.2, 0.25) is 0 Å². The molecule has 0 atom stereocenters. The van der Waals surface area contributed by atoms with Crippen LogP contribution in [0.3, 0.4) is 0 Å². The van der Waals surface area contributed by atoms with E-state index >= 15 is 0 Å². The molecule has 0 amide bonds. The van der Waals surface area contributed by atoms with Gasteiger partial charge >= 0.3 is 5.97 Å². The molecular weight excluding hydrogens is 92.1 g/mol. The zero-order chi connectivity index (χ0) is 5.07. The molecule has 0 aromatic carbocycles. The first-order valence-electron chi connectivity index (χ1n) is 2.49. The highest BCUT2D eigenvalue weighted by Gasteiger charge is 2.75. The summed E-state index contributed by atoms with van der Waals surface area (Å²) in [4.78, 5) is 10.1. The predicted octanol–water partition coefficient (Wildman–Crippen LogP) is 0.481. The Hall–Kier alpha value is -0.530. The average molecular weight is 98.1 g/mol. The molecule has 0 unspecified atom stereocenters. The number of rotatable bonds is 1. The van der Waals surface area contributed by atoms with Crippen LogP contribution in [0, 0.1) is 11.3 Å². The summed E-state index contributed by atoms with van der Waals surface area (Å²) in [5, 5.41) is 8.35. The number of hydrogen-bond donors (Lipinski definition) is 1. The Balaban J connectivity index is 2.22. The molecule has 2 heteroatoms. The number of aliphatic carboxylic acids is 1. The highest BCUT2D eigenvalue weighted by atomic mass is 16.4. The van der Waals surface area contributed by atoms with Crippen molar-refractivity contribution in [3.8, 4) is 0 Å². The van der Waals surface area contributed by atoms with E-state index in [1.807, 2.05) is 0 Å². The topological polar surface area (TPSA) is 37.3 Å². The summed E-state index contributed by atoms with van der Waals surface area (Å²) in [6.45, 7) is 0. The van der Waals surface area contributed by atoms with Gasteiger partial charge in [-0.15, -0.1) is 0 Å². The number of hydrogen-bond acceptors (Lipinski definition) is 1. The van der Waals surface area contributed by atoms with E-state index in [0.717, 1.165) is 12.8 Å². The van der Waals surface area contributed by atoms with Crippen molar-refractivity contribution in [2.75, 3.05) is 0 Å². The second-order valence-corrected chi connectivity index (χ2v) is 2.57. The standard InChI is InChI=1S/C5H6O2/c6-4(7)5-1-3(5)2-5/h3H,1-2H2,(H,6,7). The smallest absolute Gasteiger partial charge is 0.309 e. The first-order chi connectivity index (χ1) is 3.26. The van der Waals surface area contributed by atoms with Gasteiger partial charge in [0.05, 0.1) is 5.41 Å². The summed E-state index contributed by atoms with van der Waals surface area (Å²) in [6, 6.07) is 0. The Labute approximate surface area is 41.1 Å². The summed E-state index contributed by atoms with van der Waals surface area (Å²) < 4.78 is 0. The van der Waals surface area contributed by atoms with E-state index in [4.69, 9.17) is 5.11 Å². The summed E-state index contributed by atoms with van der Waals surface area (Å²) >= 11 is 0. The fraction of sp³-hybridized carbons (Fsp3) is 0.800. The number of carbonyl (C=O) groups is 1. The van der Waals surface area contributed by atoms with E-state index in [0.29, 0.717) is 5.92 Å². The van der Waals surface area contributed by atoms with Crippen molar-refractivity contribution in [1.29, 1.82) is 0 Å². The third-order valence-corrected chi connectivity index (χ3v) is 2.11. The molecule has 0 saturated heterocycles. The molecule has 2 rings (SSSR count). The summed E-state index contributed by atoms with van der Waals surface area (Å²) in [7, 11) is 0. The van der Waals surface area contributed by atoms with Gasteiger partial charge in [0.1, 0.15) is 0 Å². The van der Waals surface area contributed by atoms with Crippen LogP contribution in [0.1, 0.15) is 12.8 Å². The molecule has 0 radical (unpaired) electrons. The molecule has 2 nitrogen and oxygen atoms in total. The number of carboxylic acids is 1. The highest BCUT2D eigenvalue weighted by molar-refractivity contribution is 5.83. The maximum absolute atomic E-state index is 10.1. The first kappa shape index (κ1) is 3.47. The zero-order valence-electron chi connectivity index (χ0n) is 3.85. The minimum Gasteiger partial charge on any atom is -0.481 e. The molecule has 0 aliphatic heterocycles. The van der Waals surface area contributed by atoms with Crippen LogP contribution in [-0.2, 0) is 4.79 Å². The molecule has 2 fully saturated rings. The molecule has 7 heavy (non-hydrogen) atoms. The lowest BCUT2D eigenvalue weighted by molar-refractivity contribution is -0.140. The number of fused-ring (bicyclic) bond motifs is 1. The van der Waals surface area contributed by atoms with Crippen LogP contribution in [0.15, 0.2) is 0 Å². The van der Waals surface area contributed by atoms with Gasteiger partial charge in [-0.1, -0.05) is 0 Å². The van der Waals surface area contributed by atoms with Crippen molar-refractivity contribution in [1.82, 2.24) is 0 Å². The summed E-state index contributed by atoms with van der Waals surface area (Å²) in [6.07, 6.45) is 1.92. The van der Waals surface area contributed by atoms with Crippen molar-refractivity contribution in [3.05, 3.63) is 0 Å². The van der Waals surface area contributed by atoms with Crippen LogP contribution in [-0.4, -0.2) is 11.1 Å². The van der Waals surface area contributed by atoms with Crippen molar-refractivity contribution < 1.29 is 9.90 Å². The van der Waals surface area contributed by atoms with Gasteiger partial charge in [-0.25, -0.2) is 0 Å². The number of carboxylic acid groups (broad SMARTS) is 1. The Bertz CT molecular complexity index is 133. The molecule has 2 aliphatic carbocycles. The van der Waals surface area contributed by atoms with Crippen molar-refractivity contribution >= 4 is 5.97 Å². The van der Waals surface area contributed by atoms with Gasteiger partial charge in [-0.05, 0) is 18.8 Å². The third-order valence-electron chi connectivity index (χ3n) is 2.11. The molecule has 0 heterocycles. The van der Waals surface area contributed by atoms with E-state index in [9.17, 15) is 4.79 Å². The van der Waals surface area contributed by atoms with E-state index in [-0.39, 0.29) is 5.41 Å². The van der Waals surface area contributed by atoms with Gasteiger partial charge < -0.3 is 5.11 Å². The Morgan fingerprint density at radius 2 is 2.14 bits per heavy atom. The SMILES string of the molecule is O=C(O)C12CC1C2.